The van der Waals surface area contributed by atoms with Crippen LogP contribution in [-0.2, 0) is 12.0 Å². The van der Waals surface area contributed by atoms with Crippen molar-refractivity contribution >= 4 is 40.3 Å². The average Bonchev–Trinajstić information content (AvgIpc) is 2.44. The number of nitrogen functional groups attached to an aromatic ring is 1. The Morgan fingerprint density at radius 2 is 1.95 bits per heavy atom. The van der Waals surface area contributed by atoms with Crippen molar-refractivity contribution in [3.63, 3.8) is 0 Å². The summed E-state index contributed by atoms with van der Waals surface area (Å²) < 4.78 is 0. The third-order valence-electron chi connectivity index (χ3n) is 3.98. The van der Waals surface area contributed by atoms with Crippen LogP contribution >= 0.6 is 23.2 Å². The number of anilines is 1. The Morgan fingerprint density at radius 1 is 1.18 bits per heavy atom. The summed E-state index contributed by atoms with van der Waals surface area (Å²) in [5, 5.41) is 1.08. The second-order valence-corrected chi connectivity index (χ2v) is 6.66. The lowest BCUT2D eigenvalue weighted by atomic mass is 9.78. The summed E-state index contributed by atoms with van der Waals surface area (Å²) in [6.45, 7) is 1.98. The van der Waals surface area contributed by atoms with Gasteiger partial charge in [0, 0.05) is 17.7 Å². The molecule has 4 N–H and O–H groups in total. The molecule has 114 valence electrons. The van der Waals surface area contributed by atoms with Gasteiger partial charge in [-0.1, -0.05) is 41.4 Å². The number of nitrogens with two attached hydrogens (primary N) is 2. The van der Waals surface area contributed by atoms with Crippen molar-refractivity contribution in [2.24, 2.45) is 10.7 Å². The SMILES string of the molecule is CC1=Nc2c(N)cccc2C(N)(Cc2ccc(Cl)c(Cl)c2)C1. The van der Waals surface area contributed by atoms with Gasteiger partial charge in [-0.2, -0.15) is 0 Å². The van der Waals surface area contributed by atoms with Crippen molar-refractivity contribution in [3.8, 4) is 0 Å². The smallest absolute Gasteiger partial charge is 0.0908 e. The fraction of sp³-hybridized carbons (Fsp3) is 0.235. The Balaban J connectivity index is 2.04. The van der Waals surface area contributed by atoms with E-state index in [2.05, 4.69) is 4.99 Å². The Bertz CT molecular complexity index is 770. The van der Waals surface area contributed by atoms with E-state index in [1.807, 2.05) is 37.3 Å². The largest absolute Gasteiger partial charge is 0.397 e. The number of halogens is 2. The van der Waals surface area contributed by atoms with E-state index in [0.29, 0.717) is 28.6 Å². The highest BCUT2D eigenvalue weighted by atomic mass is 35.5. The first-order valence-corrected chi connectivity index (χ1v) is 7.80. The summed E-state index contributed by atoms with van der Waals surface area (Å²) in [4.78, 5) is 4.58. The number of nitrogens with zero attached hydrogens (tertiary/aromatic N) is 1. The van der Waals surface area contributed by atoms with Crippen LogP contribution in [0.1, 0.15) is 24.5 Å². The van der Waals surface area contributed by atoms with Crippen LogP contribution in [0.15, 0.2) is 41.4 Å². The van der Waals surface area contributed by atoms with Gasteiger partial charge < -0.3 is 11.5 Å². The Morgan fingerprint density at radius 3 is 2.68 bits per heavy atom. The Hall–Kier alpha value is -1.55. The van der Waals surface area contributed by atoms with E-state index in [0.717, 1.165) is 22.5 Å². The van der Waals surface area contributed by atoms with Gasteiger partial charge >= 0.3 is 0 Å². The predicted octanol–water partition coefficient (Wildman–Crippen LogP) is 4.47. The second kappa shape index (κ2) is 5.58. The molecular weight excluding hydrogens is 317 g/mol. The van der Waals surface area contributed by atoms with Gasteiger partial charge in [0.25, 0.3) is 0 Å². The summed E-state index contributed by atoms with van der Waals surface area (Å²) in [6, 6.07) is 11.4. The highest BCUT2D eigenvalue weighted by Gasteiger charge is 2.34. The van der Waals surface area contributed by atoms with Crippen molar-refractivity contribution < 1.29 is 0 Å². The summed E-state index contributed by atoms with van der Waals surface area (Å²) in [7, 11) is 0. The number of rotatable bonds is 2. The minimum atomic E-state index is -0.548. The molecule has 1 unspecified atom stereocenters. The molecule has 0 saturated carbocycles. The maximum atomic E-state index is 6.74. The van der Waals surface area contributed by atoms with Crippen LogP contribution in [-0.4, -0.2) is 5.71 Å². The van der Waals surface area contributed by atoms with Crippen molar-refractivity contribution in [2.75, 3.05) is 5.73 Å². The standard InChI is InChI=1S/C17H17Cl2N3/c1-10-8-17(21,9-11-5-6-13(18)14(19)7-11)12-3-2-4-15(20)16(12)22-10/h2-7H,8-9,20-21H2,1H3. The molecule has 0 spiro atoms. The van der Waals surface area contributed by atoms with Crippen LogP contribution in [0.4, 0.5) is 11.4 Å². The summed E-state index contributed by atoms with van der Waals surface area (Å²) >= 11 is 12.1. The average molecular weight is 334 g/mol. The van der Waals surface area contributed by atoms with E-state index in [-0.39, 0.29) is 0 Å². The van der Waals surface area contributed by atoms with E-state index in [1.54, 1.807) is 6.07 Å². The summed E-state index contributed by atoms with van der Waals surface area (Å²) in [5.74, 6) is 0. The van der Waals surface area contributed by atoms with Gasteiger partial charge in [-0.25, -0.2) is 0 Å². The van der Waals surface area contributed by atoms with E-state index in [4.69, 9.17) is 34.7 Å². The number of benzene rings is 2. The first kappa shape index (κ1) is 15.3. The number of aliphatic imine (C=N–C) groups is 1. The van der Waals surface area contributed by atoms with Crippen molar-refractivity contribution in [1.82, 2.24) is 0 Å². The van der Waals surface area contributed by atoms with Gasteiger partial charge in [0.1, 0.15) is 0 Å². The van der Waals surface area contributed by atoms with Crippen molar-refractivity contribution in [1.29, 1.82) is 0 Å². The lowest BCUT2D eigenvalue weighted by molar-refractivity contribution is 0.454. The molecule has 1 heterocycles. The number of hydrogen-bond acceptors (Lipinski definition) is 3. The minimum Gasteiger partial charge on any atom is -0.397 e. The van der Waals surface area contributed by atoms with Crippen LogP contribution in [0.25, 0.3) is 0 Å². The zero-order valence-electron chi connectivity index (χ0n) is 12.2. The van der Waals surface area contributed by atoms with Gasteiger partial charge in [0.15, 0.2) is 0 Å². The van der Waals surface area contributed by atoms with Crippen LogP contribution < -0.4 is 11.5 Å². The monoisotopic (exact) mass is 333 g/mol. The first-order valence-electron chi connectivity index (χ1n) is 7.05. The zero-order chi connectivity index (χ0) is 15.9. The van der Waals surface area contributed by atoms with Crippen molar-refractivity contribution in [3.05, 3.63) is 57.6 Å². The molecule has 0 aliphatic carbocycles. The lowest BCUT2D eigenvalue weighted by Gasteiger charge is -2.35. The molecule has 2 aromatic rings. The Labute approximate surface area is 139 Å². The fourth-order valence-electron chi connectivity index (χ4n) is 3.04. The molecule has 22 heavy (non-hydrogen) atoms. The van der Waals surface area contributed by atoms with E-state index < -0.39 is 5.54 Å². The zero-order valence-corrected chi connectivity index (χ0v) is 13.7. The Kier molecular flexibility index (Phi) is 3.89. The van der Waals surface area contributed by atoms with Crippen LogP contribution in [0.5, 0.6) is 0 Å². The first-order chi connectivity index (χ1) is 10.4. The number of fused-ring (bicyclic) bond motifs is 1. The molecule has 3 nitrogen and oxygen atoms in total. The third-order valence-corrected chi connectivity index (χ3v) is 4.72. The highest BCUT2D eigenvalue weighted by Crippen LogP contribution is 2.41. The normalized spacial score (nSPS) is 20.5. The van der Waals surface area contributed by atoms with Crippen molar-refractivity contribution in [2.45, 2.75) is 25.3 Å². The van der Waals surface area contributed by atoms with Crippen LogP contribution in [0.2, 0.25) is 10.0 Å². The molecule has 1 aliphatic heterocycles. The fourth-order valence-corrected chi connectivity index (χ4v) is 3.36. The topological polar surface area (TPSA) is 64.4 Å². The van der Waals surface area contributed by atoms with Gasteiger partial charge in [-0.3, -0.25) is 4.99 Å². The summed E-state index contributed by atoms with van der Waals surface area (Å²) in [6.07, 6.45) is 1.33. The third kappa shape index (κ3) is 2.72. The molecule has 1 atom stereocenters. The number of para-hydroxylation sites is 1. The maximum absolute atomic E-state index is 6.74. The molecule has 0 saturated heterocycles. The molecule has 0 fully saturated rings. The van der Waals surface area contributed by atoms with Gasteiger partial charge in [-0.05, 0) is 37.1 Å². The molecule has 1 aliphatic rings. The molecular formula is C17H17Cl2N3. The maximum Gasteiger partial charge on any atom is 0.0908 e. The molecule has 5 heteroatoms. The van der Waals surface area contributed by atoms with Gasteiger partial charge in [0.05, 0.1) is 27.0 Å². The number of hydrogen-bond donors (Lipinski definition) is 2. The van der Waals surface area contributed by atoms with Gasteiger partial charge in [-0.15, -0.1) is 0 Å². The highest BCUT2D eigenvalue weighted by molar-refractivity contribution is 6.42. The van der Waals surface area contributed by atoms with E-state index >= 15 is 0 Å². The molecule has 3 rings (SSSR count). The van der Waals surface area contributed by atoms with Crippen LogP contribution in [0.3, 0.4) is 0 Å². The second-order valence-electron chi connectivity index (χ2n) is 5.85. The van der Waals surface area contributed by atoms with Gasteiger partial charge in [0.2, 0.25) is 0 Å². The molecule has 0 amide bonds. The van der Waals surface area contributed by atoms with E-state index in [9.17, 15) is 0 Å². The predicted molar refractivity (Wildman–Crippen MR) is 94.3 cm³/mol. The minimum absolute atomic E-state index is 0.539. The molecule has 0 aromatic heterocycles. The van der Waals surface area contributed by atoms with Crippen LogP contribution in [0, 0.1) is 0 Å². The lowest BCUT2D eigenvalue weighted by Crippen LogP contribution is -2.42. The molecule has 0 bridgehead atoms. The quantitative estimate of drug-likeness (QED) is 0.796. The van der Waals surface area contributed by atoms with E-state index in [1.165, 1.54) is 0 Å². The molecule has 2 aromatic carbocycles. The molecule has 0 radical (unpaired) electrons. The summed E-state index contributed by atoms with van der Waals surface area (Å²) in [5.41, 5.74) is 16.7.